The average molecular weight is 338 g/mol. The quantitative estimate of drug-likeness (QED) is 0.856. The second kappa shape index (κ2) is 7.70. The predicted octanol–water partition coefficient (Wildman–Crippen LogP) is 3.41. The molecular weight excluding hydrogens is 312 g/mol. The highest BCUT2D eigenvalue weighted by Gasteiger charge is 2.23. The van der Waals surface area contributed by atoms with E-state index in [1.165, 1.54) is 16.8 Å². The minimum Gasteiger partial charge on any atom is -0.380 e. The third-order valence-corrected chi connectivity index (χ3v) is 5.00. The molecule has 1 aliphatic rings. The van der Waals surface area contributed by atoms with Crippen LogP contribution in [0, 0.1) is 13.8 Å². The first-order valence-corrected chi connectivity index (χ1v) is 8.78. The monoisotopic (exact) mass is 338 g/mol. The minimum atomic E-state index is 0.115. The third kappa shape index (κ3) is 3.85. The number of nitrogens with zero attached hydrogens (tertiary/aromatic N) is 2. The van der Waals surface area contributed by atoms with Crippen LogP contribution in [0.25, 0.3) is 0 Å². The lowest BCUT2D eigenvalue weighted by molar-refractivity contribution is 0.0746. The zero-order chi connectivity index (χ0) is 17.8. The summed E-state index contributed by atoms with van der Waals surface area (Å²) in [5, 5.41) is 0. The van der Waals surface area contributed by atoms with Crippen molar-refractivity contribution in [2.75, 3.05) is 38.2 Å². The van der Waals surface area contributed by atoms with Crippen molar-refractivity contribution in [2.45, 2.75) is 20.5 Å². The highest BCUT2D eigenvalue weighted by molar-refractivity contribution is 5.94. The van der Waals surface area contributed by atoms with Gasteiger partial charge in [-0.3, -0.25) is 4.79 Å². The summed E-state index contributed by atoms with van der Waals surface area (Å²) in [6, 6.07) is 14.1. The van der Waals surface area contributed by atoms with Crippen molar-refractivity contribution >= 4 is 11.6 Å². The topological polar surface area (TPSA) is 32.8 Å². The van der Waals surface area contributed by atoms with Gasteiger partial charge in [0.1, 0.15) is 0 Å². The molecule has 2 aromatic rings. The zero-order valence-corrected chi connectivity index (χ0v) is 15.3. The molecule has 0 radical (unpaired) electrons. The highest BCUT2D eigenvalue weighted by atomic mass is 16.5. The van der Waals surface area contributed by atoms with Crippen LogP contribution in [0.5, 0.6) is 0 Å². The standard InChI is InChI=1S/C21H26N2O2/c1-16-5-4-6-20(17(16)2)22-11-13-23(14-12-22)21(24)19-9-7-18(8-10-19)15-25-3/h4-10H,11-15H2,1-3H3. The summed E-state index contributed by atoms with van der Waals surface area (Å²) in [6.45, 7) is 8.15. The number of hydrogen-bond donors (Lipinski definition) is 0. The van der Waals surface area contributed by atoms with Crippen LogP contribution in [0.3, 0.4) is 0 Å². The molecule has 1 fully saturated rings. The summed E-state index contributed by atoms with van der Waals surface area (Å²) in [4.78, 5) is 17.0. The van der Waals surface area contributed by atoms with Crippen LogP contribution >= 0.6 is 0 Å². The van der Waals surface area contributed by atoms with Crippen LogP contribution in [-0.4, -0.2) is 44.1 Å². The lowest BCUT2D eigenvalue weighted by atomic mass is 10.1. The molecule has 1 heterocycles. The molecule has 0 saturated carbocycles. The maximum Gasteiger partial charge on any atom is 0.253 e. The van der Waals surface area contributed by atoms with Crippen LogP contribution in [0.4, 0.5) is 5.69 Å². The van der Waals surface area contributed by atoms with Gasteiger partial charge in [0.05, 0.1) is 6.61 Å². The van der Waals surface area contributed by atoms with Gasteiger partial charge < -0.3 is 14.5 Å². The number of piperazine rings is 1. The van der Waals surface area contributed by atoms with E-state index in [1.807, 2.05) is 29.2 Å². The first kappa shape index (κ1) is 17.5. The van der Waals surface area contributed by atoms with E-state index >= 15 is 0 Å². The number of hydrogen-bond acceptors (Lipinski definition) is 3. The molecule has 0 N–H and O–H groups in total. The zero-order valence-electron chi connectivity index (χ0n) is 15.3. The van der Waals surface area contributed by atoms with E-state index < -0.39 is 0 Å². The second-order valence-electron chi connectivity index (χ2n) is 6.63. The van der Waals surface area contributed by atoms with Gasteiger partial charge in [0.25, 0.3) is 5.91 Å². The van der Waals surface area contributed by atoms with Gasteiger partial charge in [0.15, 0.2) is 0 Å². The van der Waals surface area contributed by atoms with Crippen molar-refractivity contribution in [3.8, 4) is 0 Å². The van der Waals surface area contributed by atoms with E-state index in [0.29, 0.717) is 6.61 Å². The van der Waals surface area contributed by atoms with Gasteiger partial charge in [0.2, 0.25) is 0 Å². The summed E-state index contributed by atoms with van der Waals surface area (Å²) in [5.74, 6) is 0.115. The van der Waals surface area contributed by atoms with Gasteiger partial charge in [-0.15, -0.1) is 0 Å². The summed E-state index contributed by atoms with van der Waals surface area (Å²) in [5.41, 5.74) is 5.76. The molecule has 0 unspecified atom stereocenters. The largest absolute Gasteiger partial charge is 0.380 e. The van der Waals surface area contributed by atoms with Crippen LogP contribution < -0.4 is 4.90 Å². The van der Waals surface area contributed by atoms with Crippen molar-refractivity contribution < 1.29 is 9.53 Å². The molecule has 0 aliphatic carbocycles. The molecule has 25 heavy (non-hydrogen) atoms. The number of methoxy groups -OCH3 is 1. The van der Waals surface area contributed by atoms with Gasteiger partial charge in [-0.05, 0) is 48.7 Å². The smallest absolute Gasteiger partial charge is 0.253 e. The van der Waals surface area contributed by atoms with E-state index in [0.717, 1.165) is 37.3 Å². The molecule has 4 nitrogen and oxygen atoms in total. The van der Waals surface area contributed by atoms with Gasteiger partial charge in [0, 0.05) is 44.5 Å². The van der Waals surface area contributed by atoms with Crippen molar-refractivity contribution in [3.63, 3.8) is 0 Å². The number of amides is 1. The molecule has 1 saturated heterocycles. The van der Waals surface area contributed by atoms with Crippen molar-refractivity contribution in [3.05, 3.63) is 64.7 Å². The molecule has 0 bridgehead atoms. The lowest BCUT2D eigenvalue weighted by Gasteiger charge is -2.37. The maximum atomic E-state index is 12.7. The van der Waals surface area contributed by atoms with E-state index in [-0.39, 0.29) is 5.91 Å². The van der Waals surface area contributed by atoms with E-state index in [4.69, 9.17) is 4.74 Å². The first-order chi connectivity index (χ1) is 12.1. The van der Waals surface area contributed by atoms with Crippen molar-refractivity contribution in [1.29, 1.82) is 0 Å². The Morgan fingerprint density at radius 2 is 1.68 bits per heavy atom. The van der Waals surface area contributed by atoms with E-state index in [1.54, 1.807) is 7.11 Å². The molecule has 1 aliphatic heterocycles. The Morgan fingerprint density at radius 1 is 1.00 bits per heavy atom. The molecular formula is C21H26N2O2. The van der Waals surface area contributed by atoms with Crippen molar-refractivity contribution in [1.82, 2.24) is 4.90 Å². The Bertz CT molecular complexity index is 732. The number of carbonyl (C=O) groups is 1. The average Bonchev–Trinajstić information content (AvgIpc) is 2.64. The fourth-order valence-corrected chi connectivity index (χ4v) is 3.32. The number of ether oxygens (including phenoxy) is 1. The maximum absolute atomic E-state index is 12.7. The summed E-state index contributed by atoms with van der Waals surface area (Å²) in [6.07, 6.45) is 0. The summed E-state index contributed by atoms with van der Waals surface area (Å²) >= 11 is 0. The Kier molecular flexibility index (Phi) is 5.39. The summed E-state index contributed by atoms with van der Waals surface area (Å²) < 4.78 is 5.12. The molecule has 4 heteroatoms. The first-order valence-electron chi connectivity index (χ1n) is 8.78. The van der Waals surface area contributed by atoms with Gasteiger partial charge in [-0.25, -0.2) is 0 Å². The van der Waals surface area contributed by atoms with Gasteiger partial charge in [-0.1, -0.05) is 24.3 Å². The Labute approximate surface area is 150 Å². The number of carbonyl (C=O) groups excluding carboxylic acids is 1. The molecule has 0 aromatic heterocycles. The number of benzene rings is 2. The predicted molar refractivity (Wildman–Crippen MR) is 101 cm³/mol. The minimum absolute atomic E-state index is 0.115. The Morgan fingerprint density at radius 3 is 2.32 bits per heavy atom. The highest BCUT2D eigenvalue weighted by Crippen LogP contribution is 2.24. The molecule has 132 valence electrons. The SMILES string of the molecule is COCc1ccc(C(=O)N2CCN(c3cccc(C)c3C)CC2)cc1. The Balaban J connectivity index is 1.63. The third-order valence-electron chi connectivity index (χ3n) is 5.00. The molecule has 2 aromatic carbocycles. The number of aryl methyl sites for hydroxylation is 1. The van der Waals surface area contributed by atoms with Crippen LogP contribution in [0.2, 0.25) is 0 Å². The molecule has 0 spiro atoms. The molecule has 3 rings (SSSR count). The second-order valence-corrected chi connectivity index (χ2v) is 6.63. The number of rotatable bonds is 4. The molecule has 0 atom stereocenters. The van der Waals surface area contributed by atoms with Crippen molar-refractivity contribution in [2.24, 2.45) is 0 Å². The van der Waals surface area contributed by atoms with Gasteiger partial charge in [-0.2, -0.15) is 0 Å². The van der Waals surface area contributed by atoms with Crippen LogP contribution in [0.15, 0.2) is 42.5 Å². The normalized spacial score (nSPS) is 14.7. The molecule has 1 amide bonds. The van der Waals surface area contributed by atoms with Gasteiger partial charge >= 0.3 is 0 Å². The van der Waals surface area contributed by atoms with Crippen LogP contribution in [0.1, 0.15) is 27.0 Å². The van der Waals surface area contributed by atoms with E-state index in [9.17, 15) is 4.79 Å². The summed E-state index contributed by atoms with van der Waals surface area (Å²) in [7, 11) is 1.68. The fraction of sp³-hybridized carbons (Fsp3) is 0.381. The number of anilines is 1. The Hall–Kier alpha value is -2.33. The fourth-order valence-electron chi connectivity index (χ4n) is 3.32. The lowest BCUT2D eigenvalue weighted by Crippen LogP contribution is -2.49. The van der Waals surface area contributed by atoms with Crippen LogP contribution in [-0.2, 0) is 11.3 Å². The van der Waals surface area contributed by atoms with E-state index in [2.05, 4.69) is 36.9 Å².